The number of anilines is 1. The third-order valence-electron chi connectivity index (χ3n) is 4.57. The summed E-state index contributed by atoms with van der Waals surface area (Å²) < 4.78 is 26.9. The molecule has 1 aliphatic heterocycles. The molecular formula is C17H15N5O6S. The molecule has 0 radical (unpaired) electrons. The number of hydrogen-bond donors (Lipinski definition) is 0. The van der Waals surface area contributed by atoms with Gasteiger partial charge >= 0.3 is 0 Å². The number of rotatable bonds is 5. The highest BCUT2D eigenvalue weighted by atomic mass is 32.2. The summed E-state index contributed by atoms with van der Waals surface area (Å²) in [6.45, 7) is 0.561. The van der Waals surface area contributed by atoms with Crippen LogP contribution in [0.4, 0.5) is 17.1 Å². The average molecular weight is 417 g/mol. The van der Waals surface area contributed by atoms with Crippen LogP contribution in [0.5, 0.6) is 0 Å². The molecule has 0 aliphatic carbocycles. The van der Waals surface area contributed by atoms with E-state index in [9.17, 15) is 33.9 Å². The number of non-ortho nitro benzene ring substituents is 1. The summed E-state index contributed by atoms with van der Waals surface area (Å²) in [4.78, 5) is 22.1. The molecule has 1 heterocycles. The SMILES string of the molecule is N#Cc1cc([N+](=O)[O-])ccc1N1CCN(S(=O)(=O)c2ccccc2[N+](=O)[O-])CC1. The Morgan fingerprint density at radius 3 is 2.21 bits per heavy atom. The lowest BCUT2D eigenvalue weighted by molar-refractivity contribution is -0.387. The third-order valence-corrected chi connectivity index (χ3v) is 6.52. The number of para-hydroxylation sites is 1. The van der Waals surface area contributed by atoms with Crippen molar-refractivity contribution in [3.8, 4) is 6.07 Å². The van der Waals surface area contributed by atoms with E-state index in [-0.39, 0.29) is 42.3 Å². The van der Waals surface area contributed by atoms with E-state index in [1.165, 1.54) is 36.4 Å². The van der Waals surface area contributed by atoms with Gasteiger partial charge < -0.3 is 4.90 Å². The molecule has 0 unspecified atom stereocenters. The van der Waals surface area contributed by atoms with Crippen molar-refractivity contribution in [2.75, 3.05) is 31.1 Å². The molecule has 11 nitrogen and oxygen atoms in total. The van der Waals surface area contributed by atoms with Crippen LogP contribution < -0.4 is 4.90 Å². The second kappa shape index (κ2) is 7.82. The highest BCUT2D eigenvalue weighted by molar-refractivity contribution is 7.89. The van der Waals surface area contributed by atoms with Gasteiger partial charge in [0.1, 0.15) is 6.07 Å². The number of nitriles is 1. The van der Waals surface area contributed by atoms with Crippen LogP contribution in [0.25, 0.3) is 0 Å². The molecule has 29 heavy (non-hydrogen) atoms. The molecule has 0 amide bonds. The standard InChI is InChI=1S/C17H15N5O6S/c18-12-13-11-14(21(23)24)5-6-15(13)19-7-9-20(10-8-19)29(27,28)17-4-2-1-3-16(17)22(25)26/h1-6,11H,7-10H2. The first-order valence-corrected chi connectivity index (χ1v) is 9.87. The lowest BCUT2D eigenvalue weighted by Crippen LogP contribution is -2.49. The Balaban J connectivity index is 1.82. The molecule has 1 saturated heterocycles. The van der Waals surface area contributed by atoms with Crippen LogP contribution in [-0.2, 0) is 10.0 Å². The van der Waals surface area contributed by atoms with E-state index in [1.807, 2.05) is 6.07 Å². The molecule has 2 aromatic rings. The van der Waals surface area contributed by atoms with Crippen molar-refractivity contribution >= 4 is 27.1 Å². The zero-order chi connectivity index (χ0) is 21.2. The van der Waals surface area contributed by atoms with Gasteiger partial charge in [0.15, 0.2) is 4.90 Å². The van der Waals surface area contributed by atoms with Crippen molar-refractivity contribution in [3.05, 3.63) is 68.3 Å². The van der Waals surface area contributed by atoms with Gasteiger partial charge in [0.05, 0.1) is 21.1 Å². The molecule has 3 rings (SSSR count). The van der Waals surface area contributed by atoms with Gasteiger partial charge in [-0.1, -0.05) is 12.1 Å². The fraction of sp³-hybridized carbons (Fsp3) is 0.235. The van der Waals surface area contributed by atoms with E-state index in [1.54, 1.807) is 4.90 Å². The van der Waals surface area contributed by atoms with Crippen molar-refractivity contribution in [2.45, 2.75) is 4.90 Å². The second-order valence-electron chi connectivity index (χ2n) is 6.19. The Morgan fingerprint density at radius 2 is 1.62 bits per heavy atom. The minimum absolute atomic E-state index is 0.0518. The van der Waals surface area contributed by atoms with Crippen molar-refractivity contribution in [3.63, 3.8) is 0 Å². The van der Waals surface area contributed by atoms with Crippen LogP contribution >= 0.6 is 0 Å². The number of nitro groups is 2. The maximum Gasteiger partial charge on any atom is 0.289 e. The average Bonchev–Trinajstić information content (AvgIpc) is 2.73. The zero-order valence-corrected chi connectivity index (χ0v) is 15.8. The minimum atomic E-state index is -4.07. The highest BCUT2D eigenvalue weighted by Crippen LogP contribution is 2.29. The van der Waals surface area contributed by atoms with Gasteiger partial charge in [0, 0.05) is 44.4 Å². The molecule has 0 N–H and O–H groups in total. The fourth-order valence-corrected chi connectivity index (χ4v) is 4.72. The summed E-state index contributed by atoms with van der Waals surface area (Å²) in [6, 6.07) is 11.0. The van der Waals surface area contributed by atoms with Gasteiger partial charge in [-0.2, -0.15) is 9.57 Å². The Bertz CT molecular complexity index is 1120. The summed E-state index contributed by atoms with van der Waals surface area (Å²) in [6.07, 6.45) is 0. The minimum Gasteiger partial charge on any atom is -0.368 e. The van der Waals surface area contributed by atoms with Crippen molar-refractivity contribution in [2.24, 2.45) is 0 Å². The van der Waals surface area contributed by atoms with Crippen molar-refractivity contribution < 1.29 is 18.3 Å². The summed E-state index contributed by atoms with van der Waals surface area (Å²) in [7, 11) is -4.07. The van der Waals surface area contributed by atoms with Crippen molar-refractivity contribution in [1.29, 1.82) is 5.26 Å². The predicted octanol–water partition coefficient (Wildman–Crippen LogP) is 1.89. The van der Waals surface area contributed by atoms with Gasteiger partial charge in [0.2, 0.25) is 10.0 Å². The molecular weight excluding hydrogens is 402 g/mol. The van der Waals surface area contributed by atoms with E-state index in [2.05, 4.69) is 0 Å². The number of nitrogens with zero attached hydrogens (tertiary/aromatic N) is 5. The number of piperazine rings is 1. The Kier molecular flexibility index (Phi) is 5.44. The third kappa shape index (κ3) is 3.86. The van der Waals surface area contributed by atoms with E-state index in [0.717, 1.165) is 10.4 Å². The Hall–Kier alpha value is -3.56. The normalized spacial score (nSPS) is 14.9. The first kappa shape index (κ1) is 20.2. The smallest absolute Gasteiger partial charge is 0.289 e. The van der Waals surface area contributed by atoms with Crippen molar-refractivity contribution in [1.82, 2.24) is 4.31 Å². The Labute approximate surface area is 165 Å². The number of sulfonamides is 1. The summed E-state index contributed by atoms with van der Waals surface area (Å²) in [5.74, 6) is 0. The van der Waals surface area contributed by atoms with Crippen LogP contribution in [0, 0.1) is 31.6 Å². The number of nitro benzene ring substituents is 2. The van der Waals surface area contributed by atoms with Crippen LogP contribution in [0.3, 0.4) is 0 Å². The molecule has 1 aliphatic rings. The molecule has 0 bridgehead atoms. The van der Waals surface area contributed by atoms with Crippen LogP contribution in [0.15, 0.2) is 47.4 Å². The monoisotopic (exact) mass is 417 g/mol. The first-order chi connectivity index (χ1) is 13.8. The summed E-state index contributed by atoms with van der Waals surface area (Å²) >= 11 is 0. The van der Waals surface area contributed by atoms with Crippen LogP contribution in [0.1, 0.15) is 5.56 Å². The largest absolute Gasteiger partial charge is 0.368 e. The topological polar surface area (TPSA) is 151 Å². The molecule has 0 atom stereocenters. The maximum atomic E-state index is 12.9. The zero-order valence-electron chi connectivity index (χ0n) is 15.0. The van der Waals surface area contributed by atoms with Crippen LogP contribution in [0.2, 0.25) is 0 Å². The lowest BCUT2D eigenvalue weighted by atomic mass is 10.1. The molecule has 0 spiro atoms. The van der Waals surface area contributed by atoms with E-state index in [4.69, 9.17) is 0 Å². The Morgan fingerprint density at radius 1 is 0.966 bits per heavy atom. The van der Waals surface area contributed by atoms with Gasteiger partial charge in [-0.05, 0) is 12.1 Å². The van der Waals surface area contributed by atoms with E-state index in [0.29, 0.717) is 5.69 Å². The maximum absolute atomic E-state index is 12.9. The molecule has 2 aromatic carbocycles. The van der Waals surface area contributed by atoms with E-state index < -0.39 is 25.6 Å². The van der Waals surface area contributed by atoms with Gasteiger partial charge in [-0.25, -0.2) is 8.42 Å². The molecule has 150 valence electrons. The van der Waals surface area contributed by atoms with Crippen LogP contribution in [-0.4, -0.2) is 48.7 Å². The second-order valence-corrected chi connectivity index (χ2v) is 8.09. The number of hydrogen-bond acceptors (Lipinski definition) is 8. The molecule has 0 saturated carbocycles. The predicted molar refractivity (Wildman–Crippen MR) is 102 cm³/mol. The lowest BCUT2D eigenvalue weighted by Gasteiger charge is -2.35. The van der Waals surface area contributed by atoms with Gasteiger partial charge in [-0.15, -0.1) is 0 Å². The highest BCUT2D eigenvalue weighted by Gasteiger charge is 2.34. The molecule has 12 heteroatoms. The fourth-order valence-electron chi connectivity index (χ4n) is 3.14. The quantitative estimate of drug-likeness (QED) is 0.528. The summed E-state index contributed by atoms with van der Waals surface area (Å²) in [5, 5.41) is 31.3. The summed E-state index contributed by atoms with van der Waals surface area (Å²) in [5.41, 5.74) is -0.102. The van der Waals surface area contributed by atoms with Gasteiger partial charge in [-0.3, -0.25) is 20.2 Å². The molecule has 1 fully saturated rings. The van der Waals surface area contributed by atoms with Gasteiger partial charge in [0.25, 0.3) is 11.4 Å². The van der Waals surface area contributed by atoms with E-state index >= 15 is 0 Å². The molecule has 0 aromatic heterocycles. The number of benzene rings is 2. The first-order valence-electron chi connectivity index (χ1n) is 8.43.